The molecule has 0 radical (unpaired) electrons. The Labute approximate surface area is 70.7 Å². The first-order valence-electron chi connectivity index (χ1n) is 4.41. The van der Waals surface area contributed by atoms with Gasteiger partial charge in [0.1, 0.15) is 6.10 Å². The summed E-state index contributed by atoms with van der Waals surface area (Å²) in [5, 5.41) is 3.22. The molecule has 2 aliphatic rings. The van der Waals surface area contributed by atoms with Crippen LogP contribution < -0.4 is 10.1 Å². The van der Waals surface area contributed by atoms with E-state index in [4.69, 9.17) is 9.15 Å². The Morgan fingerprint density at radius 3 is 3.17 bits per heavy atom. The molecule has 2 heterocycles. The van der Waals surface area contributed by atoms with Crippen molar-refractivity contribution in [1.82, 2.24) is 0 Å². The molecule has 0 aromatic carbocycles. The zero-order chi connectivity index (χ0) is 7.97. The fourth-order valence-electron chi connectivity index (χ4n) is 1.65. The minimum atomic E-state index is 0.370. The Bertz CT molecular complexity index is 290. The molecule has 1 aliphatic carbocycles. The average molecular weight is 165 g/mol. The number of hydrogen-bond donors (Lipinski definition) is 1. The molecule has 0 bridgehead atoms. The Kier molecular flexibility index (Phi) is 1.17. The van der Waals surface area contributed by atoms with Crippen LogP contribution in [-0.4, -0.2) is 12.6 Å². The van der Waals surface area contributed by atoms with Gasteiger partial charge in [-0.3, -0.25) is 0 Å². The number of nitrogens with one attached hydrogen (secondary N) is 1. The molecule has 3 heteroatoms. The molecular formula is C9H11NO2. The second kappa shape index (κ2) is 2.19. The van der Waals surface area contributed by atoms with Crippen LogP contribution in [0.2, 0.25) is 0 Å². The zero-order valence-electron chi connectivity index (χ0n) is 6.75. The molecule has 1 saturated carbocycles. The van der Waals surface area contributed by atoms with Crippen molar-refractivity contribution in [2.24, 2.45) is 5.92 Å². The van der Waals surface area contributed by atoms with E-state index in [-0.39, 0.29) is 0 Å². The van der Waals surface area contributed by atoms with Crippen molar-refractivity contribution in [1.29, 1.82) is 0 Å². The molecule has 1 unspecified atom stereocenters. The average Bonchev–Trinajstić information content (AvgIpc) is 2.84. The Hall–Kier alpha value is -1.12. The first-order chi connectivity index (χ1) is 5.93. The van der Waals surface area contributed by atoms with E-state index in [1.54, 1.807) is 6.26 Å². The minimum Gasteiger partial charge on any atom is -0.483 e. The predicted molar refractivity (Wildman–Crippen MR) is 44.3 cm³/mol. The Balaban J connectivity index is 1.83. The van der Waals surface area contributed by atoms with Gasteiger partial charge >= 0.3 is 0 Å². The molecule has 1 aromatic rings. The molecule has 3 rings (SSSR count). The first kappa shape index (κ1) is 6.40. The van der Waals surface area contributed by atoms with Crippen LogP contribution in [0, 0.1) is 5.92 Å². The van der Waals surface area contributed by atoms with Crippen molar-refractivity contribution in [2.45, 2.75) is 18.9 Å². The SMILES string of the molecule is c1cc2c(o1)NCC(C1CC1)O2. The molecule has 3 nitrogen and oxygen atoms in total. The van der Waals surface area contributed by atoms with Gasteiger partial charge in [0.2, 0.25) is 5.88 Å². The molecule has 64 valence electrons. The van der Waals surface area contributed by atoms with Gasteiger partial charge in [0.25, 0.3) is 0 Å². The van der Waals surface area contributed by atoms with Crippen LogP contribution in [0.25, 0.3) is 0 Å². The van der Waals surface area contributed by atoms with Gasteiger partial charge in [-0.2, -0.15) is 0 Å². The highest BCUT2D eigenvalue weighted by atomic mass is 16.5. The van der Waals surface area contributed by atoms with Crippen LogP contribution in [0.3, 0.4) is 0 Å². The molecule has 0 spiro atoms. The summed E-state index contributed by atoms with van der Waals surface area (Å²) in [6, 6.07) is 1.87. The molecular weight excluding hydrogens is 154 g/mol. The lowest BCUT2D eigenvalue weighted by Gasteiger charge is -2.23. The summed E-state index contributed by atoms with van der Waals surface area (Å²) >= 11 is 0. The quantitative estimate of drug-likeness (QED) is 0.689. The van der Waals surface area contributed by atoms with Crippen molar-refractivity contribution in [3.8, 4) is 5.75 Å². The van der Waals surface area contributed by atoms with Gasteiger partial charge in [0.15, 0.2) is 5.75 Å². The standard InChI is InChI=1S/C9H11NO2/c1-2-6(1)8-5-10-9-7(12-8)3-4-11-9/h3-4,6,8,10H,1-2,5H2. The van der Waals surface area contributed by atoms with E-state index in [0.717, 1.165) is 24.1 Å². The van der Waals surface area contributed by atoms with Crippen molar-refractivity contribution in [3.05, 3.63) is 12.3 Å². The van der Waals surface area contributed by atoms with E-state index in [9.17, 15) is 0 Å². The fraction of sp³-hybridized carbons (Fsp3) is 0.556. The number of furan rings is 1. The van der Waals surface area contributed by atoms with E-state index in [2.05, 4.69) is 5.32 Å². The lowest BCUT2D eigenvalue weighted by atomic mass is 10.2. The van der Waals surface area contributed by atoms with Gasteiger partial charge in [-0.15, -0.1) is 0 Å². The third-order valence-corrected chi connectivity index (χ3v) is 2.52. The Morgan fingerprint density at radius 2 is 2.33 bits per heavy atom. The van der Waals surface area contributed by atoms with Crippen molar-refractivity contribution >= 4 is 5.88 Å². The number of rotatable bonds is 1. The highest BCUT2D eigenvalue weighted by Gasteiger charge is 2.35. The number of anilines is 1. The number of ether oxygens (including phenoxy) is 1. The van der Waals surface area contributed by atoms with Gasteiger partial charge < -0.3 is 14.5 Å². The van der Waals surface area contributed by atoms with Gasteiger partial charge in [0.05, 0.1) is 12.8 Å². The molecule has 1 aliphatic heterocycles. The van der Waals surface area contributed by atoms with Crippen LogP contribution in [0.15, 0.2) is 16.7 Å². The van der Waals surface area contributed by atoms with E-state index < -0.39 is 0 Å². The van der Waals surface area contributed by atoms with Crippen molar-refractivity contribution < 1.29 is 9.15 Å². The van der Waals surface area contributed by atoms with E-state index in [0.29, 0.717) is 6.10 Å². The maximum absolute atomic E-state index is 5.74. The van der Waals surface area contributed by atoms with Crippen molar-refractivity contribution in [3.63, 3.8) is 0 Å². The van der Waals surface area contributed by atoms with Gasteiger partial charge in [-0.25, -0.2) is 0 Å². The van der Waals surface area contributed by atoms with Crippen LogP contribution in [0.5, 0.6) is 5.75 Å². The second-order valence-electron chi connectivity index (χ2n) is 3.49. The first-order valence-corrected chi connectivity index (χ1v) is 4.41. The topological polar surface area (TPSA) is 34.4 Å². The third-order valence-electron chi connectivity index (χ3n) is 2.52. The molecule has 12 heavy (non-hydrogen) atoms. The summed E-state index contributed by atoms with van der Waals surface area (Å²) in [5.41, 5.74) is 0. The minimum absolute atomic E-state index is 0.370. The zero-order valence-corrected chi connectivity index (χ0v) is 6.75. The summed E-state index contributed by atoms with van der Waals surface area (Å²) in [6.45, 7) is 0.894. The fourth-order valence-corrected chi connectivity index (χ4v) is 1.65. The number of fused-ring (bicyclic) bond motifs is 1. The van der Waals surface area contributed by atoms with E-state index >= 15 is 0 Å². The normalized spacial score (nSPS) is 27.2. The lowest BCUT2D eigenvalue weighted by molar-refractivity contribution is 0.179. The summed E-state index contributed by atoms with van der Waals surface area (Å²) in [4.78, 5) is 0. The largest absolute Gasteiger partial charge is 0.483 e. The van der Waals surface area contributed by atoms with Crippen molar-refractivity contribution in [2.75, 3.05) is 11.9 Å². The van der Waals surface area contributed by atoms with Gasteiger partial charge in [-0.05, 0) is 18.8 Å². The summed E-state index contributed by atoms with van der Waals surface area (Å²) in [6.07, 6.45) is 4.67. The lowest BCUT2D eigenvalue weighted by Crippen LogP contribution is -2.31. The maximum Gasteiger partial charge on any atom is 0.235 e. The molecule has 1 fully saturated rings. The molecule has 0 amide bonds. The van der Waals surface area contributed by atoms with Crippen LogP contribution >= 0.6 is 0 Å². The summed E-state index contributed by atoms with van der Waals surface area (Å²) < 4.78 is 10.9. The Morgan fingerprint density at radius 1 is 1.42 bits per heavy atom. The van der Waals surface area contributed by atoms with E-state index in [1.807, 2.05) is 6.07 Å². The van der Waals surface area contributed by atoms with E-state index in [1.165, 1.54) is 12.8 Å². The third kappa shape index (κ3) is 0.891. The van der Waals surface area contributed by atoms with Crippen LogP contribution in [-0.2, 0) is 0 Å². The van der Waals surface area contributed by atoms with Crippen LogP contribution in [0.1, 0.15) is 12.8 Å². The van der Waals surface area contributed by atoms with Gasteiger partial charge in [-0.1, -0.05) is 0 Å². The van der Waals surface area contributed by atoms with Crippen LogP contribution in [0.4, 0.5) is 5.88 Å². The molecule has 0 saturated heterocycles. The molecule has 1 N–H and O–H groups in total. The summed E-state index contributed by atoms with van der Waals surface area (Å²) in [5.74, 6) is 2.44. The smallest absolute Gasteiger partial charge is 0.235 e. The number of hydrogen-bond acceptors (Lipinski definition) is 3. The summed E-state index contributed by atoms with van der Waals surface area (Å²) in [7, 11) is 0. The molecule has 1 aromatic heterocycles. The highest BCUT2D eigenvalue weighted by Crippen LogP contribution is 2.39. The predicted octanol–water partition coefficient (Wildman–Crippen LogP) is 1.86. The highest BCUT2D eigenvalue weighted by molar-refractivity contribution is 5.49. The van der Waals surface area contributed by atoms with Gasteiger partial charge in [0, 0.05) is 6.07 Å². The monoisotopic (exact) mass is 165 g/mol. The maximum atomic E-state index is 5.74. The molecule has 1 atom stereocenters. The second-order valence-corrected chi connectivity index (χ2v) is 3.49.